The minimum absolute atomic E-state index is 0.387. The maximum Gasteiger partial charge on any atom is 0.488 e. The van der Waals surface area contributed by atoms with E-state index in [0.29, 0.717) is 49.8 Å². The van der Waals surface area contributed by atoms with Crippen LogP contribution in [0.3, 0.4) is 0 Å². The number of esters is 3. The number of methoxy groups -OCH3 is 3. The minimum atomic E-state index is -1.51. The van der Waals surface area contributed by atoms with Crippen LogP contribution in [0.2, 0.25) is 0 Å². The molecule has 3 rings (SSSR count). The molecule has 222 valence electrons. The van der Waals surface area contributed by atoms with Crippen LogP contribution in [-0.2, 0) is 14.2 Å². The molecule has 0 aliphatic rings. The zero-order valence-electron chi connectivity index (χ0n) is 24.1. The van der Waals surface area contributed by atoms with Gasteiger partial charge in [-0.2, -0.15) is 0 Å². The molecule has 0 amide bonds. The van der Waals surface area contributed by atoms with Crippen molar-refractivity contribution >= 4 is 55.7 Å². The van der Waals surface area contributed by atoms with Crippen molar-refractivity contribution in [1.82, 2.24) is 0 Å². The van der Waals surface area contributed by atoms with Crippen LogP contribution in [0.5, 0.6) is 0 Å². The van der Waals surface area contributed by atoms with E-state index in [-0.39, 0.29) is 0 Å². The quantitative estimate of drug-likeness (QED) is 0.111. The Kier molecular flexibility index (Phi) is 14.7. The Morgan fingerprint density at radius 3 is 0.833 bits per heavy atom. The predicted octanol–water partition coefficient (Wildman–Crippen LogP) is -1.62. The molecule has 0 aromatic heterocycles. The van der Waals surface area contributed by atoms with Gasteiger partial charge in [0.15, 0.2) is 0 Å². The first kappa shape index (κ1) is 36.1. The molecule has 0 fully saturated rings. The molecule has 0 aliphatic heterocycles. The van der Waals surface area contributed by atoms with Gasteiger partial charge in [-0.25, -0.2) is 14.4 Å². The fraction of sp³-hybridized carbons (Fsp3) is 0.222. The Morgan fingerprint density at radius 2 is 0.690 bits per heavy atom. The van der Waals surface area contributed by atoms with Crippen LogP contribution in [0.4, 0.5) is 0 Å². The van der Waals surface area contributed by atoms with Crippen molar-refractivity contribution in [2.75, 3.05) is 21.3 Å². The number of ether oxygens (including phenoxy) is 3. The van der Waals surface area contributed by atoms with E-state index in [0.717, 1.165) is 0 Å². The van der Waals surface area contributed by atoms with Crippen molar-refractivity contribution in [3.63, 3.8) is 0 Å². The van der Waals surface area contributed by atoms with E-state index in [4.69, 9.17) is 30.1 Å². The molecule has 42 heavy (non-hydrogen) atoms. The van der Waals surface area contributed by atoms with Gasteiger partial charge in [-0.1, -0.05) is 34.9 Å². The molecule has 0 atom stereocenters. The lowest BCUT2D eigenvalue weighted by Crippen LogP contribution is -2.32. The third-order valence-electron chi connectivity index (χ3n) is 5.91. The first-order chi connectivity index (χ1) is 19.7. The van der Waals surface area contributed by atoms with E-state index < -0.39 is 39.3 Å². The van der Waals surface area contributed by atoms with Crippen LogP contribution >= 0.6 is 0 Å². The van der Waals surface area contributed by atoms with Gasteiger partial charge in [-0.3, -0.25) is 0 Å². The van der Waals surface area contributed by atoms with E-state index >= 15 is 0 Å². The molecular formula is C27H33B3O12. The molecule has 0 aliphatic carbocycles. The molecule has 3 aromatic carbocycles. The van der Waals surface area contributed by atoms with E-state index in [1.165, 1.54) is 57.7 Å². The zero-order chi connectivity index (χ0) is 32.1. The fourth-order valence-electron chi connectivity index (χ4n) is 3.63. The van der Waals surface area contributed by atoms with Crippen molar-refractivity contribution in [2.45, 2.75) is 20.8 Å². The maximum atomic E-state index is 11.1. The highest BCUT2D eigenvalue weighted by Crippen LogP contribution is 2.06. The Balaban J connectivity index is 0.000000315. The van der Waals surface area contributed by atoms with Crippen LogP contribution in [0, 0.1) is 20.8 Å². The monoisotopic (exact) mass is 582 g/mol. The van der Waals surface area contributed by atoms with E-state index in [1.807, 2.05) is 0 Å². The lowest BCUT2D eigenvalue weighted by molar-refractivity contribution is 0.0592. The molecule has 0 saturated carbocycles. The molecule has 0 heterocycles. The van der Waals surface area contributed by atoms with Crippen molar-refractivity contribution < 1.29 is 58.7 Å². The fourth-order valence-corrected chi connectivity index (χ4v) is 3.63. The number of rotatable bonds is 6. The largest absolute Gasteiger partial charge is 0.488 e. The second-order valence-electron chi connectivity index (χ2n) is 8.81. The van der Waals surface area contributed by atoms with Gasteiger partial charge in [0.2, 0.25) is 0 Å². The van der Waals surface area contributed by atoms with Gasteiger partial charge in [0.05, 0.1) is 38.0 Å². The van der Waals surface area contributed by atoms with Gasteiger partial charge in [0.1, 0.15) is 0 Å². The Bertz CT molecular complexity index is 1210. The van der Waals surface area contributed by atoms with Gasteiger partial charge in [0, 0.05) is 0 Å². The van der Waals surface area contributed by atoms with Gasteiger partial charge in [-0.05, 0) is 73.6 Å². The first-order valence-electron chi connectivity index (χ1n) is 12.3. The van der Waals surface area contributed by atoms with Gasteiger partial charge < -0.3 is 44.4 Å². The highest BCUT2D eigenvalue weighted by molar-refractivity contribution is 6.60. The van der Waals surface area contributed by atoms with E-state index in [2.05, 4.69) is 14.2 Å². The van der Waals surface area contributed by atoms with Crippen LogP contribution < -0.4 is 16.4 Å². The van der Waals surface area contributed by atoms with Crippen LogP contribution in [-0.4, -0.2) is 90.7 Å². The number of carbonyl (C=O) groups is 3. The molecule has 0 bridgehead atoms. The molecule has 15 heteroatoms. The third-order valence-corrected chi connectivity index (χ3v) is 5.91. The Morgan fingerprint density at radius 1 is 0.476 bits per heavy atom. The Hall–Kier alpha value is -3.98. The van der Waals surface area contributed by atoms with Gasteiger partial charge >= 0.3 is 39.3 Å². The second kappa shape index (κ2) is 17.1. The van der Waals surface area contributed by atoms with E-state index in [9.17, 15) is 14.4 Å². The van der Waals surface area contributed by atoms with Gasteiger partial charge in [0.25, 0.3) is 0 Å². The molecule has 12 nitrogen and oxygen atoms in total. The van der Waals surface area contributed by atoms with E-state index in [1.54, 1.807) is 39.0 Å². The summed E-state index contributed by atoms with van der Waals surface area (Å²) in [4.78, 5) is 33.3. The zero-order valence-corrected chi connectivity index (χ0v) is 24.1. The number of aryl methyl sites for hydroxylation is 3. The lowest BCUT2D eigenvalue weighted by Gasteiger charge is -2.06. The molecule has 0 saturated heterocycles. The average molecular weight is 582 g/mol. The number of hydrogen-bond donors (Lipinski definition) is 6. The number of hydrogen-bond acceptors (Lipinski definition) is 12. The molecule has 0 radical (unpaired) electrons. The van der Waals surface area contributed by atoms with Crippen LogP contribution in [0.15, 0.2) is 54.6 Å². The van der Waals surface area contributed by atoms with Gasteiger partial charge in [-0.15, -0.1) is 0 Å². The summed E-state index contributed by atoms with van der Waals surface area (Å²) < 4.78 is 13.6. The van der Waals surface area contributed by atoms with Crippen LogP contribution in [0.1, 0.15) is 47.8 Å². The normalized spacial score (nSPS) is 9.71. The van der Waals surface area contributed by atoms with Crippen molar-refractivity contribution in [3.05, 3.63) is 88.0 Å². The first-order valence-corrected chi connectivity index (χ1v) is 12.3. The summed E-state index contributed by atoms with van der Waals surface area (Å²) in [5.74, 6) is -1.31. The third kappa shape index (κ3) is 10.5. The molecular weight excluding hydrogens is 549 g/mol. The highest BCUT2D eigenvalue weighted by Gasteiger charge is 2.17. The smallest absolute Gasteiger partial charge is 0.465 e. The van der Waals surface area contributed by atoms with Crippen molar-refractivity contribution in [3.8, 4) is 0 Å². The molecule has 6 N–H and O–H groups in total. The summed E-state index contributed by atoms with van der Waals surface area (Å²) >= 11 is 0. The molecule has 3 aromatic rings. The standard InChI is InChI=1S/3C9H11BO4/c3*1-6-5-7(9(11)14-2)3-4-8(6)10(12)13/h3*3-5,12-13H,1-2H3. The molecule has 0 unspecified atom stereocenters. The van der Waals surface area contributed by atoms with Crippen molar-refractivity contribution in [2.24, 2.45) is 0 Å². The summed E-state index contributed by atoms with van der Waals surface area (Å²) in [7, 11) is -0.643. The molecule has 0 spiro atoms. The summed E-state index contributed by atoms with van der Waals surface area (Å²) in [5.41, 5.74) is 4.28. The summed E-state index contributed by atoms with van der Waals surface area (Å²) in [5, 5.41) is 53.6. The average Bonchev–Trinajstić information content (AvgIpc) is 2.95. The minimum Gasteiger partial charge on any atom is -0.465 e. The highest BCUT2D eigenvalue weighted by atomic mass is 16.5. The lowest BCUT2D eigenvalue weighted by atomic mass is 9.77. The SMILES string of the molecule is COC(=O)c1ccc(B(O)O)c(C)c1.COC(=O)c1ccc(B(O)O)c(C)c1.COC(=O)c1ccc(B(O)O)c(C)c1. The maximum absolute atomic E-state index is 11.1. The Labute approximate surface area is 244 Å². The number of benzene rings is 3. The topological polar surface area (TPSA) is 200 Å². The summed E-state index contributed by atoms with van der Waals surface area (Å²) in [6.45, 7) is 5.09. The summed E-state index contributed by atoms with van der Waals surface area (Å²) in [6.07, 6.45) is 0. The van der Waals surface area contributed by atoms with Crippen LogP contribution in [0.25, 0.3) is 0 Å². The second-order valence-corrected chi connectivity index (χ2v) is 8.81. The number of carbonyl (C=O) groups excluding carboxylic acids is 3. The summed E-state index contributed by atoms with van der Waals surface area (Å²) in [6, 6.07) is 13.6. The predicted molar refractivity (Wildman–Crippen MR) is 157 cm³/mol. The van der Waals surface area contributed by atoms with Crippen molar-refractivity contribution in [1.29, 1.82) is 0 Å².